The van der Waals surface area contributed by atoms with Crippen LogP contribution in [0.25, 0.3) is 0 Å². The Morgan fingerprint density at radius 2 is 2.25 bits per heavy atom. The van der Waals surface area contributed by atoms with Crippen LogP contribution in [0.4, 0.5) is 5.69 Å². The van der Waals surface area contributed by atoms with Gasteiger partial charge in [-0.15, -0.1) is 0 Å². The number of amides is 1. The number of anilines is 1. The Morgan fingerprint density at radius 3 is 2.88 bits per heavy atom. The SMILES string of the molecule is Cc1cccc(Cl)c1NC(=O)CNC1CC1. The molecule has 0 saturated heterocycles. The van der Waals surface area contributed by atoms with Gasteiger partial charge in [0, 0.05) is 6.04 Å². The van der Waals surface area contributed by atoms with Crippen LogP contribution in [-0.4, -0.2) is 18.5 Å². The number of carbonyl (C=O) groups excluding carboxylic acids is 1. The molecule has 0 radical (unpaired) electrons. The number of aryl methyl sites for hydroxylation is 1. The van der Waals surface area contributed by atoms with Crippen LogP contribution < -0.4 is 10.6 Å². The van der Waals surface area contributed by atoms with E-state index in [2.05, 4.69) is 10.6 Å². The molecule has 0 unspecified atom stereocenters. The Kier molecular flexibility index (Phi) is 3.46. The Balaban J connectivity index is 1.93. The molecular weight excluding hydrogens is 224 g/mol. The number of hydrogen-bond acceptors (Lipinski definition) is 2. The van der Waals surface area contributed by atoms with Crippen molar-refractivity contribution < 1.29 is 4.79 Å². The lowest BCUT2D eigenvalue weighted by atomic mass is 10.2. The van der Waals surface area contributed by atoms with Crippen LogP contribution in [0.1, 0.15) is 18.4 Å². The highest BCUT2D eigenvalue weighted by Gasteiger charge is 2.21. The van der Waals surface area contributed by atoms with E-state index in [4.69, 9.17) is 11.6 Å². The molecule has 2 N–H and O–H groups in total. The standard InChI is InChI=1S/C12H15ClN2O/c1-8-3-2-4-10(13)12(8)15-11(16)7-14-9-5-6-9/h2-4,9,14H,5-7H2,1H3,(H,15,16). The van der Waals surface area contributed by atoms with Gasteiger partial charge in [-0.2, -0.15) is 0 Å². The van der Waals surface area contributed by atoms with Crippen molar-refractivity contribution >= 4 is 23.2 Å². The average molecular weight is 239 g/mol. The molecule has 2 rings (SSSR count). The van der Waals surface area contributed by atoms with E-state index in [9.17, 15) is 4.79 Å². The summed E-state index contributed by atoms with van der Waals surface area (Å²) in [6.07, 6.45) is 2.36. The van der Waals surface area contributed by atoms with Crippen LogP contribution in [-0.2, 0) is 4.79 Å². The summed E-state index contributed by atoms with van der Waals surface area (Å²) in [7, 11) is 0. The minimum atomic E-state index is -0.0388. The van der Waals surface area contributed by atoms with Crippen molar-refractivity contribution in [2.24, 2.45) is 0 Å². The third-order valence-electron chi connectivity index (χ3n) is 2.62. The van der Waals surface area contributed by atoms with Crippen molar-refractivity contribution in [3.05, 3.63) is 28.8 Å². The van der Waals surface area contributed by atoms with Crippen molar-refractivity contribution in [3.8, 4) is 0 Å². The number of halogens is 1. The number of nitrogens with one attached hydrogen (secondary N) is 2. The lowest BCUT2D eigenvalue weighted by molar-refractivity contribution is -0.115. The van der Waals surface area contributed by atoms with Gasteiger partial charge >= 0.3 is 0 Å². The van der Waals surface area contributed by atoms with E-state index < -0.39 is 0 Å². The lowest BCUT2D eigenvalue weighted by Gasteiger charge is -2.10. The maximum absolute atomic E-state index is 11.6. The zero-order valence-corrected chi connectivity index (χ0v) is 9.97. The summed E-state index contributed by atoms with van der Waals surface area (Å²) in [6, 6.07) is 6.11. The van der Waals surface area contributed by atoms with Gasteiger partial charge < -0.3 is 10.6 Å². The van der Waals surface area contributed by atoms with Gasteiger partial charge in [-0.05, 0) is 31.4 Å². The topological polar surface area (TPSA) is 41.1 Å². The van der Waals surface area contributed by atoms with Crippen molar-refractivity contribution in [2.45, 2.75) is 25.8 Å². The van der Waals surface area contributed by atoms with Crippen LogP contribution in [0.15, 0.2) is 18.2 Å². The zero-order valence-electron chi connectivity index (χ0n) is 9.22. The minimum absolute atomic E-state index is 0.0388. The van der Waals surface area contributed by atoms with Crippen LogP contribution >= 0.6 is 11.6 Å². The highest BCUT2D eigenvalue weighted by molar-refractivity contribution is 6.33. The lowest BCUT2D eigenvalue weighted by Crippen LogP contribution is -2.29. The average Bonchev–Trinajstić information content (AvgIpc) is 3.04. The summed E-state index contributed by atoms with van der Waals surface area (Å²) in [5, 5.41) is 6.57. The predicted molar refractivity (Wildman–Crippen MR) is 65.8 cm³/mol. The molecule has 0 bridgehead atoms. The third-order valence-corrected chi connectivity index (χ3v) is 2.93. The second kappa shape index (κ2) is 4.85. The van der Waals surface area contributed by atoms with Crippen LogP contribution in [0.3, 0.4) is 0 Å². The Bertz CT molecular complexity index is 382. The number of hydrogen-bond donors (Lipinski definition) is 2. The Morgan fingerprint density at radius 1 is 1.50 bits per heavy atom. The van der Waals surface area contributed by atoms with E-state index >= 15 is 0 Å². The fourth-order valence-electron chi connectivity index (χ4n) is 1.50. The van der Waals surface area contributed by atoms with Crippen LogP contribution in [0.5, 0.6) is 0 Å². The number of para-hydroxylation sites is 1. The molecule has 1 saturated carbocycles. The molecule has 0 spiro atoms. The largest absolute Gasteiger partial charge is 0.323 e. The molecule has 1 amide bonds. The van der Waals surface area contributed by atoms with E-state index in [1.54, 1.807) is 6.07 Å². The van der Waals surface area contributed by atoms with Crippen LogP contribution in [0.2, 0.25) is 5.02 Å². The summed E-state index contributed by atoms with van der Waals surface area (Å²) in [5.74, 6) is -0.0388. The highest BCUT2D eigenvalue weighted by atomic mass is 35.5. The van der Waals surface area contributed by atoms with Gasteiger partial charge in [0.05, 0.1) is 17.3 Å². The normalized spacial score (nSPS) is 14.9. The van der Waals surface area contributed by atoms with Gasteiger partial charge in [0.15, 0.2) is 0 Å². The molecule has 1 aromatic carbocycles. The second-order valence-corrected chi connectivity index (χ2v) is 4.54. The molecule has 0 atom stereocenters. The first kappa shape index (κ1) is 11.4. The van der Waals surface area contributed by atoms with E-state index in [0.29, 0.717) is 23.3 Å². The second-order valence-electron chi connectivity index (χ2n) is 4.14. The van der Waals surface area contributed by atoms with Crippen molar-refractivity contribution in [1.29, 1.82) is 0 Å². The first-order chi connectivity index (χ1) is 7.66. The summed E-state index contributed by atoms with van der Waals surface area (Å²) < 4.78 is 0. The van der Waals surface area contributed by atoms with Gasteiger partial charge in [0.2, 0.25) is 5.91 Å². The van der Waals surface area contributed by atoms with Crippen molar-refractivity contribution in [3.63, 3.8) is 0 Å². The monoisotopic (exact) mass is 238 g/mol. The molecule has 0 aromatic heterocycles. The Hall–Kier alpha value is -1.06. The maximum atomic E-state index is 11.6. The van der Waals surface area contributed by atoms with E-state index in [-0.39, 0.29) is 5.91 Å². The number of benzene rings is 1. The molecule has 1 aliphatic carbocycles. The number of carbonyl (C=O) groups is 1. The molecule has 1 aliphatic rings. The van der Waals surface area contributed by atoms with Crippen molar-refractivity contribution in [1.82, 2.24) is 5.32 Å². The van der Waals surface area contributed by atoms with Gasteiger partial charge in [0.1, 0.15) is 0 Å². The summed E-state index contributed by atoms with van der Waals surface area (Å²) in [4.78, 5) is 11.6. The molecule has 1 aromatic rings. The molecule has 16 heavy (non-hydrogen) atoms. The zero-order chi connectivity index (χ0) is 11.5. The number of rotatable bonds is 4. The van der Waals surface area contributed by atoms with Crippen molar-refractivity contribution in [2.75, 3.05) is 11.9 Å². The van der Waals surface area contributed by atoms with Gasteiger partial charge in [-0.3, -0.25) is 4.79 Å². The first-order valence-electron chi connectivity index (χ1n) is 5.45. The Labute approximate surface area is 100 Å². The summed E-state index contributed by atoms with van der Waals surface area (Å²) >= 11 is 6.01. The summed E-state index contributed by atoms with van der Waals surface area (Å²) in [6.45, 7) is 2.28. The van der Waals surface area contributed by atoms with Gasteiger partial charge in [0.25, 0.3) is 0 Å². The summed E-state index contributed by atoms with van der Waals surface area (Å²) in [5.41, 5.74) is 1.69. The third kappa shape index (κ3) is 2.97. The molecule has 1 fully saturated rings. The van der Waals surface area contributed by atoms with Crippen LogP contribution in [0, 0.1) is 6.92 Å². The molecule has 0 aliphatic heterocycles. The minimum Gasteiger partial charge on any atom is -0.323 e. The molecular formula is C12H15ClN2O. The molecule has 4 heteroatoms. The predicted octanol–water partition coefficient (Wildman–Crippen LogP) is 2.34. The molecule has 0 heterocycles. The maximum Gasteiger partial charge on any atom is 0.238 e. The first-order valence-corrected chi connectivity index (χ1v) is 5.83. The van der Waals surface area contributed by atoms with E-state index in [1.807, 2.05) is 19.1 Å². The van der Waals surface area contributed by atoms with E-state index in [1.165, 1.54) is 12.8 Å². The van der Waals surface area contributed by atoms with Gasteiger partial charge in [-0.1, -0.05) is 23.7 Å². The molecule has 86 valence electrons. The molecule has 3 nitrogen and oxygen atoms in total. The van der Waals surface area contributed by atoms with E-state index in [0.717, 1.165) is 5.56 Å². The fraction of sp³-hybridized carbons (Fsp3) is 0.417. The highest BCUT2D eigenvalue weighted by Crippen LogP contribution is 2.25. The fourth-order valence-corrected chi connectivity index (χ4v) is 1.77. The van der Waals surface area contributed by atoms with Gasteiger partial charge in [-0.25, -0.2) is 0 Å². The smallest absolute Gasteiger partial charge is 0.238 e. The quantitative estimate of drug-likeness (QED) is 0.846.